The van der Waals surface area contributed by atoms with Crippen LogP contribution in [0.1, 0.15) is 22.1 Å². The molecule has 0 amide bonds. The molecule has 0 fully saturated rings. The van der Waals surface area contributed by atoms with Crippen molar-refractivity contribution in [2.24, 2.45) is 0 Å². The molecule has 1 nitrogen and oxygen atoms in total. The Balaban J connectivity index is 2.41. The van der Waals surface area contributed by atoms with Crippen molar-refractivity contribution < 1.29 is 9.50 Å². The lowest BCUT2D eigenvalue weighted by molar-refractivity contribution is 0.215. The molecular weight excluding hydrogens is 291 g/mol. The Morgan fingerprint density at radius 3 is 2.81 bits per heavy atom. The van der Waals surface area contributed by atoms with E-state index in [0.717, 1.165) is 10.4 Å². The zero-order valence-electron chi connectivity index (χ0n) is 8.58. The first kappa shape index (κ1) is 11.8. The van der Waals surface area contributed by atoms with Gasteiger partial charge in [0.1, 0.15) is 11.9 Å². The Morgan fingerprint density at radius 1 is 1.44 bits per heavy atom. The van der Waals surface area contributed by atoms with Gasteiger partial charge in [0.15, 0.2) is 0 Å². The highest BCUT2D eigenvalue weighted by atomic mass is 79.9. The molecule has 1 N–H and O–H groups in total. The molecule has 0 radical (unpaired) electrons. The molecule has 1 aromatic carbocycles. The van der Waals surface area contributed by atoms with E-state index in [4.69, 9.17) is 0 Å². The van der Waals surface area contributed by atoms with Gasteiger partial charge in [0, 0.05) is 10.4 Å². The van der Waals surface area contributed by atoms with Crippen LogP contribution in [0.3, 0.4) is 0 Å². The Hall–Kier alpha value is -0.710. The summed E-state index contributed by atoms with van der Waals surface area (Å²) in [4.78, 5) is 1.10. The highest BCUT2D eigenvalue weighted by Crippen LogP contribution is 2.30. The van der Waals surface area contributed by atoms with Gasteiger partial charge in [-0.05, 0) is 45.9 Å². The number of hydrogen-bond acceptors (Lipinski definition) is 2. The number of aliphatic hydroxyl groups excluding tert-OH is 1. The van der Waals surface area contributed by atoms with Crippen LogP contribution < -0.4 is 0 Å². The van der Waals surface area contributed by atoms with Crippen molar-refractivity contribution in [3.63, 3.8) is 0 Å². The summed E-state index contributed by atoms with van der Waals surface area (Å²) in [6.07, 6.45) is -0.901. The van der Waals surface area contributed by atoms with Crippen LogP contribution in [0.2, 0.25) is 0 Å². The number of aliphatic hydroxyl groups is 1. The first-order chi connectivity index (χ1) is 7.59. The molecule has 84 valence electrons. The van der Waals surface area contributed by atoms with Gasteiger partial charge in [-0.1, -0.05) is 12.1 Å². The molecule has 0 aliphatic carbocycles. The Kier molecular flexibility index (Phi) is 3.42. The maximum Gasteiger partial charge on any atom is 0.143 e. The lowest BCUT2D eigenvalue weighted by Gasteiger charge is -2.11. The minimum atomic E-state index is -0.901. The third kappa shape index (κ3) is 2.19. The van der Waals surface area contributed by atoms with Crippen molar-refractivity contribution in [2.75, 3.05) is 0 Å². The molecule has 0 aliphatic heterocycles. The van der Waals surface area contributed by atoms with E-state index in [1.165, 1.54) is 0 Å². The number of benzene rings is 1. The van der Waals surface area contributed by atoms with Gasteiger partial charge in [0.25, 0.3) is 0 Å². The summed E-state index contributed by atoms with van der Waals surface area (Å²) in [5, 5.41) is 11.9. The van der Waals surface area contributed by atoms with Crippen molar-refractivity contribution in [1.82, 2.24) is 0 Å². The second-order valence-electron chi connectivity index (χ2n) is 3.54. The molecular formula is C12H10BrFOS. The van der Waals surface area contributed by atoms with E-state index in [0.29, 0.717) is 10.0 Å². The van der Waals surface area contributed by atoms with Crippen LogP contribution in [-0.2, 0) is 0 Å². The molecule has 0 spiro atoms. The smallest absolute Gasteiger partial charge is 0.143 e. The fourth-order valence-corrected chi connectivity index (χ4v) is 2.62. The standard InChI is InChI=1S/C12H10BrFOS/c1-7-5-8(6-16-7)12(15)9-3-2-4-10(13)11(9)14/h2-6,12,15H,1H3. The highest BCUT2D eigenvalue weighted by molar-refractivity contribution is 9.10. The van der Waals surface area contributed by atoms with E-state index in [2.05, 4.69) is 15.9 Å². The summed E-state index contributed by atoms with van der Waals surface area (Å²) in [6.45, 7) is 1.96. The van der Waals surface area contributed by atoms with Crippen molar-refractivity contribution in [1.29, 1.82) is 0 Å². The second kappa shape index (κ2) is 4.65. The summed E-state index contributed by atoms with van der Waals surface area (Å²) in [5.74, 6) is -0.404. The SMILES string of the molecule is Cc1cc(C(O)c2cccc(Br)c2F)cs1. The van der Waals surface area contributed by atoms with E-state index in [9.17, 15) is 9.50 Å². The zero-order valence-corrected chi connectivity index (χ0v) is 11.0. The van der Waals surface area contributed by atoms with Crippen molar-refractivity contribution >= 4 is 27.3 Å². The summed E-state index contributed by atoms with van der Waals surface area (Å²) in [7, 11) is 0. The molecule has 2 rings (SSSR count). The largest absolute Gasteiger partial charge is 0.384 e. The average Bonchev–Trinajstić information content (AvgIpc) is 2.68. The van der Waals surface area contributed by atoms with E-state index in [1.54, 1.807) is 29.5 Å². The molecule has 0 aliphatic rings. The van der Waals surface area contributed by atoms with Crippen molar-refractivity contribution in [3.05, 3.63) is 55.9 Å². The number of aryl methyl sites for hydroxylation is 1. The number of rotatable bonds is 2. The minimum Gasteiger partial charge on any atom is -0.384 e. The van der Waals surface area contributed by atoms with Crippen LogP contribution in [0.25, 0.3) is 0 Å². The first-order valence-electron chi connectivity index (χ1n) is 4.76. The maximum atomic E-state index is 13.7. The molecule has 4 heteroatoms. The quantitative estimate of drug-likeness (QED) is 0.887. The van der Waals surface area contributed by atoms with Crippen LogP contribution in [0.4, 0.5) is 4.39 Å². The van der Waals surface area contributed by atoms with E-state index >= 15 is 0 Å². The minimum absolute atomic E-state index is 0.298. The Bertz CT molecular complexity index is 509. The zero-order chi connectivity index (χ0) is 11.7. The predicted octanol–water partition coefficient (Wildman–Crippen LogP) is 4.04. The van der Waals surface area contributed by atoms with Crippen molar-refractivity contribution in [3.8, 4) is 0 Å². The van der Waals surface area contributed by atoms with E-state index in [1.807, 2.05) is 18.4 Å². The summed E-state index contributed by atoms with van der Waals surface area (Å²) >= 11 is 4.65. The Labute approximate surface area is 106 Å². The highest BCUT2D eigenvalue weighted by Gasteiger charge is 2.17. The van der Waals surface area contributed by atoms with Crippen LogP contribution in [0.15, 0.2) is 34.1 Å². The molecule has 16 heavy (non-hydrogen) atoms. The normalized spacial score (nSPS) is 12.8. The third-order valence-corrected chi connectivity index (χ3v) is 3.83. The van der Waals surface area contributed by atoms with Crippen LogP contribution in [-0.4, -0.2) is 5.11 Å². The molecule has 0 saturated heterocycles. The predicted molar refractivity (Wildman–Crippen MR) is 67.2 cm³/mol. The molecule has 0 saturated carbocycles. The van der Waals surface area contributed by atoms with Crippen LogP contribution >= 0.6 is 27.3 Å². The average molecular weight is 301 g/mol. The molecule has 1 atom stereocenters. The van der Waals surface area contributed by atoms with Gasteiger partial charge in [-0.3, -0.25) is 0 Å². The lowest BCUT2D eigenvalue weighted by atomic mass is 10.0. The van der Waals surface area contributed by atoms with Gasteiger partial charge in [0.05, 0.1) is 4.47 Å². The summed E-state index contributed by atoms with van der Waals surface area (Å²) in [6, 6.07) is 6.79. The second-order valence-corrected chi connectivity index (χ2v) is 5.51. The molecule has 2 aromatic rings. The maximum absolute atomic E-state index is 13.7. The van der Waals surface area contributed by atoms with Gasteiger partial charge in [0.2, 0.25) is 0 Å². The van der Waals surface area contributed by atoms with Gasteiger partial charge >= 0.3 is 0 Å². The Morgan fingerprint density at radius 2 is 2.19 bits per heavy atom. The summed E-state index contributed by atoms with van der Waals surface area (Å²) < 4.78 is 14.1. The first-order valence-corrected chi connectivity index (χ1v) is 6.44. The van der Waals surface area contributed by atoms with Gasteiger partial charge in [-0.15, -0.1) is 11.3 Å². The van der Waals surface area contributed by atoms with E-state index in [-0.39, 0.29) is 0 Å². The fraction of sp³-hybridized carbons (Fsp3) is 0.167. The monoisotopic (exact) mass is 300 g/mol. The molecule has 1 unspecified atom stereocenters. The topological polar surface area (TPSA) is 20.2 Å². The van der Waals surface area contributed by atoms with Crippen molar-refractivity contribution in [2.45, 2.75) is 13.0 Å². The fourth-order valence-electron chi connectivity index (χ4n) is 1.52. The van der Waals surface area contributed by atoms with E-state index < -0.39 is 11.9 Å². The van der Waals surface area contributed by atoms with Gasteiger partial charge in [-0.25, -0.2) is 4.39 Å². The number of halogens is 2. The number of thiophene rings is 1. The van der Waals surface area contributed by atoms with Gasteiger partial charge < -0.3 is 5.11 Å². The third-order valence-electron chi connectivity index (χ3n) is 2.34. The van der Waals surface area contributed by atoms with Crippen LogP contribution in [0.5, 0.6) is 0 Å². The lowest BCUT2D eigenvalue weighted by Crippen LogP contribution is -2.01. The molecule has 1 aromatic heterocycles. The summed E-state index contributed by atoms with van der Waals surface area (Å²) in [5.41, 5.74) is 1.03. The number of hydrogen-bond donors (Lipinski definition) is 1. The molecule has 0 bridgehead atoms. The molecule has 1 heterocycles. The van der Waals surface area contributed by atoms with Gasteiger partial charge in [-0.2, -0.15) is 0 Å². The van der Waals surface area contributed by atoms with Crippen LogP contribution in [0, 0.1) is 12.7 Å².